The zero-order chi connectivity index (χ0) is 45.5. The number of carboxylic acids is 2. The van der Waals surface area contributed by atoms with E-state index in [2.05, 4.69) is 15.9 Å². The molecule has 0 aromatic heterocycles. The minimum Gasteiger partial charge on any atom is -0.496 e. The Bertz CT molecular complexity index is 2020. The van der Waals surface area contributed by atoms with Crippen LogP contribution in [0.2, 0.25) is 0 Å². The monoisotopic (exact) mass is 1030 g/mol. The second-order valence-corrected chi connectivity index (χ2v) is 13.4. The standard InChI is InChI=1S/C18H17F2NO2.C12H14BrNO2.C6H5BF2O2.2C2H4O2.CH4O.CH4.Pd/c1-23-17-7-4-12(11-21-8-2-3-18(21)22)9-14(17)13-5-6-15(19)16(20)10-13;1-16-11-5-4-9(7-10(11)13)8-14-6-2-3-12(14)15;8-5-2-1-4(7(10)11)3-6(5)9;2*1-2(3)4;1-2;;/h4-7,9-10H,2-3,8,11H2,1H3;4-5,7H,2-3,6,8H2,1H3;1-3,10-11H;2*1H3,(H,3,4);2H,1H3;1H4;. The third-order valence-electron chi connectivity index (χ3n) is 8.04. The molecule has 2 aliphatic rings. The molecule has 20 heteroatoms. The molecular weight excluding hydrogens is 982 g/mol. The number of halogens is 5. The number of nitrogens with zero attached hydrogens (tertiary/aromatic N) is 2. The molecule has 0 saturated carbocycles. The van der Waals surface area contributed by atoms with Crippen LogP contribution < -0.4 is 14.9 Å². The first-order valence-corrected chi connectivity index (χ1v) is 18.8. The van der Waals surface area contributed by atoms with Crippen LogP contribution >= 0.6 is 15.9 Å². The largest absolute Gasteiger partial charge is 0.496 e. The van der Waals surface area contributed by atoms with Gasteiger partial charge in [0.2, 0.25) is 11.8 Å². The third kappa shape index (κ3) is 21.3. The molecule has 5 N–H and O–H groups in total. The van der Waals surface area contributed by atoms with Crippen molar-refractivity contribution in [2.75, 3.05) is 34.4 Å². The topological polar surface area (TPSA) is 194 Å². The molecule has 6 rings (SSSR count). The summed E-state index contributed by atoms with van der Waals surface area (Å²) in [6.07, 6.45) is 3.14. The summed E-state index contributed by atoms with van der Waals surface area (Å²) in [6.45, 7) is 5.01. The van der Waals surface area contributed by atoms with Crippen molar-refractivity contribution in [1.29, 1.82) is 0 Å². The van der Waals surface area contributed by atoms with Crippen LogP contribution in [-0.2, 0) is 52.7 Å². The number of aliphatic carboxylic acids is 2. The zero-order valence-electron chi connectivity index (χ0n) is 33.9. The van der Waals surface area contributed by atoms with Gasteiger partial charge < -0.3 is 44.6 Å². The van der Waals surface area contributed by atoms with Crippen LogP contribution in [0, 0.1) is 23.3 Å². The Hall–Kier alpha value is -4.83. The fraction of sp³-hybridized carbons (Fsp3) is 0.333. The predicted molar refractivity (Wildman–Crippen MR) is 226 cm³/mol. The van der Waals surface area contributed by atoms with E-state index in [1.807, 2.05) is 35.2 Å². The third-order valence-corrected chi connectivity index (χ3v) is 8.66. The molecule has 0 aliphatic carbocycles. The molecule has 2 saturated heterocycles. The summed E-state index contributed by atoms with van der Waals surface area (Å²) in [5.41, 5.74) is 3.21. The molecule has 2 fully saturated rings. The molecule has 0 spiro atoms. The number of likely N-dealkylation sites (tertiary alicyclic amines) is 2. The van der Waals surface area contributed by atoms with Crippen molar-refractivity contribution in [3.05, 3.63) is 112 Å². The van der Waals surface area contributed by atoms with Crippen LogP contribution in [0.15, 0.2) is 77.3 Å². The van der Waals surface area contributed by atoms with Crippen molar-refractivity contribution in [1.82, 2.24) is 9.80 Å². The second kappa shape index (κ2) is 31.1. The minimum absolute atomic E-state index is 0. The molecule has 62 heavy (non-hydrogen) atoms. The summed E-state index contributed by atoms with van der Waals surface area (Å²) in [5.74, 6) is -3.74. The summed E-state index contributed by atoms with van der Waals surface area (Å²) in [6, 6.07) is 17.9. The van der Waals surface area contributed by atoms with Gasteiger partial charge in [-0.2, -0.15) is 0 Å². The normalized spacial score (nSPS) is 12.0. The van der Waals surface area contributed by atoms with E-state index in [-0.39, 0.29) is 45.1 Å². The number of rotatable bonds is 8. The SMILES string of the molecule is C.CC(=O)O.CC(=O)O.CO.COc1ccc(CN2CCCC2=O)cc1-c1ccc(F)c(F)c1.COc1ccc(CN2CCCC2=O)cc1Br.OB(O)c1ccc(F)c(F)c1.[Pd]. The van der Waals surface area contributed by atoms with Crippen LogP contribution in [0.1, 0.15) is 58.1 Å². The van der Waals surface area contributed by atoms with Crippen molar-refractivity contribution in [3.63, 3.8) is 0 Å². The number of carboxylic acid groups (broad SMARTS) is 2. The van der Waals surface area contributed by atoms with Gasteiger partial charge in [-0.05, 0) is 99.5 Å². The molecule has 2 amide bonds. The maximum Gasteiger partial charge on any atom is 0.488 e. The van der Waals surface area contributed by atoms with Crippen molar-refractivity contribution in [3.8, 4) is 22.6 Å². The van der Waals surface area contributed by atoms with E-state index in [1.165, 1.54) is 13.2 Å². The Balaban J connectivity index is 0. The van der Waals surface area contributed by atoms with E-state index >= 15 is 0 Å². The number of benzene rings is 4. The van der Waals surface area contributed by atoms with Gasteiger partial charge in [0.05, 0.1) is 18.7 Å². The Kier molecular flexibility index (Phi) is 29.7. The average molecular weight is 1030 g/mol. The first-order valence-electron chi connectivity index (χ1n) is 18.0. The quantitative estimate of drug-likeness (QED) is 0.0968. The molecule has 0 radical (unpaired) electrons. The van der Waals surface area contributed by atoms with Gasteiger partial charge in [-0.1, -0.05) is 31.7 Å². The number of amides is 2. The zero-order valence-corrected chi connectivity index (χ0v) is 37.1. The number of aliphatic hydroxyl groups is 1. The summed E-state index contributed by atoms with van der Waals surface area (Å²) < 4.78 is 62.6. The number of ether oxygens (including phenoxy) is 2. The van der Waals surface area contributed by atoms with Crippen LogP contribution in [0.5, 0.6) is 11.5 Å². The van der Waals surface area contributed by atoms with Crippen LogP contribution in [0.3, 0.4) is 0 Å². The molecule has 2 heterocycles. The molecular formula is C42H52BBrF4N2O11Pd. The Morgan fingerprint density at radius 2 is 1.10 bits per heavy atom. The summed E-state index contributed by atoms with van der Waals surface area (Å²) in [4.78, 5) is 44.9. The van der Waals surface area contributed by atoms with Gasteiger partial charge in [0, 0.05) is 86.0 Å². The number of hydrogen-bond donors (Lipinski definition) is 5. The van der Waals surface area contributed by atoms with Crippen LogP contribution in [-0.4, -0.2) is 100 Å². The Labute approximate surface area is 381 Å². The number of hydrogen-bond acceptors (Lipinski definition) is 9. The van der Waals surface area contributed by atoms with Crippen molar-refractivity contribution >= 4 is 52.3 Å². The molecule has 344 valence electrons. The predicted octanol–water partition coefficient (Wildman–Crippen LogP) is 6.41. The van der Waals surface area contributed by atoms with E-state index in [1.54, 1.807) is 18.1 Å². The molecule has 0 unspecified atom stereocenters. The smallest absolute Gasteiger partial charge is 0.488 e. The Morgan fingerprint density at radius 1 is 0.677 bits per heavy atom. The first kappa shape index (κ1) is 59.3. The molecule has 2 aliphatic heterocycles. The van der Waals surface area contributed by atoms with Gasteiger partial charge in [-0.25, -0.2) is 17.6 Å². The number of aliphatic hydroxyl groups excluding tert-OH is 1. The van der Waals surface area contributed by atoms with Crippen molar-refractivity contribution < 1.29 is 92.0 Å². The summed E-state index contributed by atoms with van der Waals surface area (Å²) >= 11 is 3.44. The molecule has 4 aromatic carbocycles. The van der Waals surface area contributed by atoms with Crippen LogP contribution in [0.4, 0.5) is 17.6 Å². The van der Waals surface area contributed by atoms with E-state index in [0.717, 1.165) is 98.6 Å². The molecule has 4 aromatic rings. The minimum atomic E-state index is -1.76. The second-order valence-electron chi connectivity index (χ2n) is 12.6. The van der Waals surface area contributed by atoms with E-state index < -0.39 is 42.3 Å². The molecule has 0 atom stereocenters. The molecule has 0 bridgehead atoms. The van der Waals surface area contributed by atoms with Crippen molar-refractivity contribution in [2.24, 2.45) is 0 Å². The van der Waals surface area contributed by atoms with Gasteiger partial charge in [0.25, 0.3) is 11.9 Å². The fourth-order valence-electron chi connectivity index (χ4n) is 5.41. The summed E-state index contributed by atoms with van der Waals surface area (Å²) in [5, 5.41) is 38.8. The number of carbonyl (C=O) groups excluding carboxylic acids is 2. The number of carbonyl (C=O) groups is 4. The van der Waals surface area contributed by atoms with Gasteiger partial charge in [0.15, 0.2) is 23.3 Å². The first-order chi connectivity index (χ1) is 28.4. The maximum atomic E-state index is 13.5. The van der Waals surface area contributed by atoms with E-state index in [9.17, 15) is 27.2 Å². The van der Waals surface area contributed by atoms with Gasteiger partial charge >= 0.3 is 7.12 Å². The van der Waals surface area contributed by atoms with E-state index in [4.69, 9.17) is 44.4 Å². The van der Waals surface area contributed by atoms with Gasteiger partial charge in [0.1, 0.15) is 11.5 Å². The molecule has 13 nitrogen and oxygen atoms in total. The number of methoxy groups -OCH3 is 2. The average Bonchev–Trinajstić information content (AvgIpc) is 3.80. The summed E-state index contributed by atoms with van der Waals surface area (Å²) in [7, 11) is 2.41. The van der Waals surface area contributed by atoms with E-state index in [0.29, 0.717) is 42.8 Å². The maximum absolute atomic E-state index is 13.5. The van der Waals surface area contributed by atoms with Crippen LogP contribution in [0.25, 0.3) is 11.1 Å². The van der Waals surface area contributed by atoms with Gasteiger partial charge in [-0.3, -0.25) is 19.2 Å². The van der Waals surface area contributed by atoms with Gasteiger partial charge in [-0.15, -0.1) is 0 Å². The fourth-order valence-corrected chi connectivity index (χ4v) is 6.00. The Morgan fingerprint density at radius 3 is 1.47 bits per heavy atom. The van der Waals surface area contributed by atoms with Crippen molar-refractivity contribution in [2.45, 2.75) is 60.0 Å².